The van der Waals surface area contributed by atoms with Gasteiger partial charge in [0.1, 0.15) is 11.6 Å². The highest BCUT2D eigenvalue weighted by Crippen LogP contribution is 2.25. The maximum absolute atomic E-state index is 13.7. The van der Waals surface area contributed by atoms with Crippen molar-refractivity contribution in [3.8, 4) is 0 Å². The minimum absolute atomic E-state index is 0.0385. The van der Waals surface area contributed by atoms with Crippen LogP contribution in [0.25, 0.3) is 0 Å². The molecule has 1 aromatic heterocycles. The van der Waals surface area contributed by atoms with Crippen molar-refractivity contribution in [1.29, 1.82) is 0 Å². The quantitative estimate of drug-likeness (QED) is 0.675. The molecule has 2 rings (SSSR count). The van der Waals surface area contributed by atoms with Gasteiger partial charge in [-0.1, -0.05) is 6.08 Å². The molecule has 1 heterocycles. The smallest absolute Gasteiger partial charge is 0.207 e. The van der Waals surface area contributed by atoms with E-state index in [0.717, 1.165) is 17.8 Å². The summed E-state index contributed by atoms with van der Waals surface area (Å²) in [5.41, 5.74) is 0.818. The van der Waals surface area contributed by atoms with E-state index in [1.165, 1.54) is 0 Å². The summed E-state index contributed by atoms with van der Waals surface area (Å²) < 4.78 is 29.0. The maximum atomic E-state index is 13.7. The molecule has 0 fully saturated rings. The minimum atomic E-state index is -0.556. The fraction of sp³-hybridized carbons (Fsp3) is 0.154. The van der Waals surface area contributed by atoms with Crippen LogP contribution < -0.4 is 5.32 Å². The zero-order chi connectivity index (χ0) is 14.0. The summed E-state index contributed by atoms with van der Waals surface area (Å²) in [4.78, 5) is 4.22. The molecule has 1 N–H and O–H groups in total. The zero-order valence-corrected chi connectivity index (χ0v) is 11.8. The van der Waals surface area contributed by atoms with Crippen LogP contribution in [-0.2, 0) is 6.54 Å². The third kappa shape index (κ3) is 3.01. The van der Waals surface area contributed by atoms with Gasteiger partial charge in [-0.3, -0.25) is 0 Å². The lowest BCUT2D eigenvalue weighted by Gasteiger charge is -2.09. The number of nitrogens with one attached hydrogen (secondary N) is 1. The molecule has 0 saturated carbocycles. The molecule has 0 aliphatic rings. The van der Waals surface area contributed by atoms with Gasteiger partial charge in [0, 0.05) is 18.8 Å². The fourth-order valence-corrected chi connectivity index (χ4v) is 1.98. The minimum Gasteiger partial charge on any atom is -0.323 e. The van der Waals surface area contributed by atoms with Crippen LogP contribution in [0.1, 0.15) is 5.69 Å². The van der Waals surface area contributed by atoms with Crippen molar-refractivity contribution in [3.63, 3.8) is 0 Å². The Bertz CT molecular complexity index is 623. The van der Waals surface area contributed by atoms with Gasteiger partial charge in [0.25, 0.3) is 0 Å². The summed E-state index contributed by atoms with van der Waals surface area (Å²) in [7, 11) is 0. The first kappa shape index (κ1) is 13.7. The maximum Gasteiger partial charge on any atom is 0.207 e. The Hall–Kier alpha value is -1.69. The first-order valence-electron chi connectivity index (χ1n) is 5.57. The molecule has 0 aliphatic carbocycles. The average Bonchev–Trinajstić information content (AvgIpc) is 2.67. The summed E-state index contributed by atoms with van der Waals surface area (Å²) in [6.07, 6.45) is 3.50. The predicted molar refractivity (Wildman–Crippen MR) is 74.5 cm³/mol. The van der Waals surface area contributed by atoms with Crippen LogP contribution in [0.4, 0.5) is 20.4 Å². The van der Waals surface area contributed by atoms with Gasteiger partial charge in [0.2, 0.25) is 5.95 Å². The van der Waals surface area contributed by atoms with Crippen molar-refractivity contribution < 1.29 is 8.78 Å². The Morgan fingerprint density at radius 2 is 2.16 bits per heavy atom. The van der Waals surface area contributed by atoms with Crippen molar-refractivity contribution in [2.45, 2.75) is 13.5 Å². The lowest BCUT2D eigenvalue weighted by atomic mass is 10.3. The molecule has 1 aromatic carbocycles. The number of hydrogen-bond acceptors (Lipinski definition) is 2. The monoisotopic (exact) mass is 327 g/mol. The van der Waals surface area contributed by atoms with Crippen molar-refractivity contribution in [1.82, 2.24) is 9.55 Å². The molecule has 6 heteroatoms. The topological polar surface area (TPSA) is 29.9 Å². The van der Waals surface area contributed by atoms with E-state index < -0.39 is 11.6 Å². The van der Waals surface area contributed by atoms with E-state index in [9.17, 15) is 8.78 Å². The summed E-state index contributed by atoms with van der Waals surface area (Å²) in [6, 6.07) is 2.16. The van der Waals surface area contributed by atoms with Gasteiger partial charge in [0.15, 0.2) is 0 Å². The fourth-order valence-electron chi connectivity index (χ4n) is 1.66. The second-order valence-electron chi connectivity index (χ2n) is 4.02. The molecule has 2 aromatic rings. The standard InChI is InChI=1S/C13H12BrF2N3/c1-3-4-19-7-8(2)17-13(19)18-12-6-10(15)9(14)5-11(12)16/h3,5-7H,1,4H2,2H3,(H,17,18). The highest BCUT2D eigenvalue weighted by atomic mass is 79.9. The molecular formula is C13H12BrF2N3. The van der Waals surface area contributed by atoms with Crippen LogP contribution in [0.15, 0.2) is 35.5 Å². The third-order valence-electron chi connectivity index (χ3n) is 2.48. The van der Waals surface area contributed by atoms with Gasteiger partial charge in [0.05, 0.1) is 15.9 Å². The molecule has 0 atom stereocenters. The number of hydrogen-bond donors (Lipinski definition) is 1. The van der Waals surface area contributed by atoms with E-state index >= 15 is 0 Å². The van der Waals surface area contributed by atoms with Crippen LogP contribution >= 0.6 is 15.9 Å². The largest absolute Gasteiger partial charge is 0.323 e. The van der Waals surface area contributed by atoms with Gasteiger partial charge >= 0.3 is 0 Å². The lowest BCUT2D eigenvalue weighted by molar-refractivity contribution is 0.597. The van der Waals surface area contributed by atoms with Crippen molar-refractivity contribution >= 4 is 27.6 Å². The Balaban J connectivity index is 2.35. The van der Waals surface area contributed by atoms with E-state index in [4.69, 9.17) is 0 Å². The van der Waals surface area contributed by atoms with Gasteiger partial charge in [-0.05, 0) is 28.9 Å². The summed E-state index contributed by atoms with van der Waals surface area (Å²) >= 11 is 2.93. The Morgan fingerprint density at radius 1 is 1.42 bits per heavy atom. The van der Waals surface area contributed by atoms with Crippen molar-refractivity contribution in [2.75, 3.05) is 5.32 Å². The molecule has 0 spiro atoms. The Kier molecular flexibility index (Phi) is 3.99. The van der Waals surface area contributed by atoms with E-state index in [1.54, 1.807) is 16.8 Å². The molecule has 0 unspecified atom stereocenters. The summed E-state index contributed by atoms with van der Waals surface area (Å²) in [5.74, 6) is -0.653. The van der Waals surface area contributed by atoms with Crippen molar-refractivity contribution in [2.24, 2.45) is 0 Å². The molecule has 0 saturated heterocycles. The van der Waals surface area contributed by atoms with Crippen LogP contribution in [-0.4, -0.2) is 9.55 Å². The SMILES string of the molecule is C=CCn1cc(C)nc1Nc1cc(F)c(Br)cc1F. The first-order chi connectivity index (χ1) is 9.01. The molecule has 0 aliphatic heterocycles. The van der Waals surface area contributed by atoms with Gasteiger partial charge in [-0.15, -0.1) is 6.58 Å². The van der Waals surface area contributed by atoms with Crippen LogP contribution in [0.5, 0.6) is 0 Å². The lowest BCUT2D eigenvalue weighted by Crippen LogP contribution is -2.03. The number of halogens is 3. The number of aryl methyl sites for hydroxylation is 1. The number of allylic oxidation sites excluding steroid dienone is 1. The van der Waals surface area contributed by atoms with E-state index in [-0.39, 0.29) is 10.2 Å². The van der Waals surface area contributed by atoms with Crippen LogP contribution in [0, 0.1) is 18.6 Å². The predicted octanol–water partition coefficient (Wildman–Crippen LogP) is 4.16. The van der Waals surface area contributed by atoms with E-state index in [2.05, 4.69) is 32.8 Å². The highest BCUT2D eigenvalue weighted by Gasteiger charge is 2.11. The number of anilines is 2. The van der Waals surface area contributed by atoms with Gasteiger partial charge in [-0.25, -0.2) is 13.8 Å². The number of aromatic nitrogens is 2. The number of benzene rings is 1. The third-order valence-corrected chi connectivity index (χ3v) is 3.09. The Morgan fingerprint density at radius 3 is 2.84 bits per heavy atom. The van der Waals surface area contributed by atoms with Crippen LogP contribution in [0.2, 0.25) is 0 Å². The second kappa shape index (κ2) is 5.52. The molecule has 19 heavy (non-hydrogen) atoms. The highest BCUT2D eigenvalue weighted by molar-refractivity contribution is 9.10. The van der Waals surface area contributed by atoms with E-state index in [1.807, 2.05) is 6.92 Å². The molecule has 100 valence electrons. The second-order valence-corrected chi connectivity index (χ2v) is 4.87. The molecule has 0 radical (unpaired) electrons. The van der Waals surface area contributed by atoms with Crippen LogP contribution in [0.3, 0.4) is 0 Å². The molecular weight excluding hydrogens is 316 g/mol. The summed E-state index contributed by atoms with van der Waals surface area (Å²) in [5, 5.41) is 2.78. The van der Waals surface area contributed by atoms with Crippen molar-refractivity contribution in [3.05, 3.63) is 52.8 Å². The molecule has 0 bridgehead atoms. The average molecular weight is 328 g/mol. The van der Waals surface area contributed by atoms with Gasteiger partial charge in [-0.2, -0.15) is 0 Å². The number of imidazole rings is 1. The summed E-state index contributed by atoms with van der Waals surface area (Å²) in [6.45, 7) is 5.99. The van der Waals surface area contributed by atoms with E-state index in [0.29, 0.717) is 12.5 Å². The molecule has 3 nitrogen and oxygen atoms in total. The number of nitrogens with zero attached hydrogens (tertiary/aromatic N) is 2. The normalized spacial score (nSPS) is 10.5. The first-order valence-corrected chi connectivity index (χ1v) is 6.37. The zero-order valence-electron chi connectivity index (χ0n) is 10.3. The molecule has 0 amide bonds. The van der Waals surface area contributed by atoms with Gasteiger partial charge < -0.3 is 9.88 Å². The Labute approximate surface area is 118 Å². The number of rotatable bonds is 4.